The van der Waals surface area contributed by atoms with Crippen molar-refractivity contribution >= 4 is 47.8 Å². The van der Waals surface area contributed by atoms with Crippen molar-refractivity contribution in [1.82, 2.24) is 0 Å². The molecule has 2 aliphatic rings. The van der Waals surface area contributed by atoms with Crippen LogP contribution < -0.4 is 0 Å². The van der Waals surface area contributed by atoms with Crippen molar-refractivity contribution < 1.29 is 23.3 Å². The molecule has 0 amide bonds. The first-order valence-corrected chi connectivity index (χ1v) is 23.3. The number of halogens is 2. The SMILES string of the molecule is CC(C)(C)C1=[C-]CC([Si](C)(C)C)=C1.CC(C)(C)C1=[C-]CC([Si](C)(C)C)=C1.Cl.Cl.[CH3-].[CH3-].[SiH2]=[Zr]. The molecule has 2 aliphatic carbocycles. The fraction of sp³-hybridized carbons (Fsp3) is 0.615. The van der Waals surface area contributed by atoms with E-state index in [-0.39, 0.29) is 50.5 Å². The van der Waals surface area contributed by atoms with E-state index in [4.69, 9.17) is 0 Å². The predicted molar refractivity (Wildman–Crippen MR) is 160 cm³/mol. The molecule has 0 aromatic carbocycles. The van der Waals surface area contributed by atoms with Crippen LogP contribution in [0.25, 0.3) is 0 Å². The van der Waals surface area contributed by atoms with Crippen LogP contribution in [0.1, 0.15) is 54.4 Å². The molecule has 0 bridgehead atoms. The summed E-state index contributed by atoms with van der Waals surface area (Å²) in [4.78, 5) is 0. The molecule has 0 spiro atoms. The van der Waals surface area contributed by atoms with Gasteiger partial charge in [-0.05, 0) is 10.8 Å². The molecule has 0 fully saturated rings. The molecule has 6 heteroatoms. The van der Waals surface area contributed by atoms with E-state index in [9.17, 15) is 0 Å². The van der Waals surface area contributed by atoms with Gasteiger partial charge in [-0.15, -0.1) is 37.7 Å². The van der Waals surface area contributed by atoms with Gasteiger partial charge in [-0.1, -0.05) is 80.8 Å². The molecule has 0 aromatic rings. The van der Waals surface area contributed by atoms with Gasteiger partial charge in [0.25, 0.3) is 0 Å². The first kappa shape index (κ1) is 43.2. The Labute approximate surface area is 234 Å². The van der Waals surface area contributed by atoms with Gasteiger partial charge >= 0.3 is 30.2 Å². The number of rotatable bonds is 2. The van der Waals surface area contributed by atoms with Crippen LogP contribution in [0.5, 0.6) is 0 Å². The number of allylic oxidation sites excluding steroid dienone is 8. The van der Waals surface area contributed by atoms with E-state index in [1.807, 2.05) is 6.88 Å². The van der Waals surface area contributed by atoms with E-state index in [0.717, 1.165) is 12.8 Å². The van der Waals surface area contributed by atoms with Gasteiger partial charge in [0.15, 0.2) is 0 Å². The Hall–Kier alpha value is 1.07. The van der Waals surface area contributed by atoms with E-state index in [1.54, 1.807) is 33.7 Å². The summed E-state index contributed by atoms with van der Waals surface area (Å²) in [5.74, 6) is 0. The Morgan fingerprint density at radius 1 is 0.656 bits per heavy atom. The Kier molecular flexibility index (Phi) is 22.5. The third kappa shape index (κ3) is 15.1. The molecule has 0 aliphatic heterocycles. The summed E-state index contributed by atoms with van der Waals surface area (Å²) in [6.07, 6.45) is 14.0. The van der Waals surface area contributed by atoms with Crippen molar-refractivity contribution in [3.05, 3.63) is 60.7 Å². The molecule has 0 nitrogen and oxygen atoms in total. The fourth-order valence-corrected chi connectivity index (χ4v) is 5.25. The van der Waals surface area contributed by atoms with Crippen molar-refractivity contribution in [3.63, 3.8) is 0 Å². The first-order chi connectivity index (χ1) is 12.4. The zero-order valence-electron chi connectivity index (χ0n) is 23.6. The van der Waals surface area contributed by atoms with E-state index in [2.05, 4.69) is 105 Å². The van der Waals surface area contributed by atoms with Gasteiger partial charge in [0.05, 0.1) is 16.1 Å². The molecule has 0 saturated carbocycles. The third-order valence-corrected chi connectivity index (χ3v) is 9.61. The molecular weight excluding hydrogens is 559 g/mol. The molecular formula is C26H52Cl2Si3Zr-4. The standard InChI is InChI=1S/2C12H21Si.2CH3.2ClH.H2Si.Zr/c2*1-12(2,3)10-7-8-11(9-10)13(4,5)6;;;;;;/h2*9H,8H2,1-6H3;2*1H3;2*1H;1H2;/q4*-1;;;;. The van der Waals surface area contributed by atoms with Crippen LogP contribution in [0.3, 0.4) is 0 Å². The maximum atomic E-state index is 3.51. The van der Waals surface area contributed by atoms with Gasteiger partial charge in [0.2, 0.25) is 0 Å². The zero-order chi connectivity index (χ0) is 22.6. The summed E-state index contributed by atoms with van der Waals surface area (Å²) in [5.41, 5.74) is 3.37. The average Bonchev–Trinajstić information content (AvgIpc) is 3.17. The fourth-order valence-electron chi connectivity index (χ4n) is 2.86. The molecule has 0 N–H and O–H groups in total. The molecule has 0 atom stereocenters. The Balaban J connectivity index is -0.000000126. The van der Waals surface area contributed by atoms with Gasteiger partial charge in [0, 0.05) is 0 Å². The minimum atomic E-state index is -1.07. The summed E-state index contributed by atoms with van der Waals surface area (Å²) in [6.45, 7) is 30.0. The second-order valence-corrected chi connectivity index (χ2v) is 22.2. The normalized spacial score (nSPS) is 15.2. The van der Waals surface area contributed by atoms with Crippen molar-refractivity contribution in [2.45, 2.75) is 93.7 Å². The monoisotopic (exact) mass is 608 g/mol. The van der Waals surface area contributed by atoms with E-state index in [0.29, 0.717) is 0 Å². The molecule has 0 saturated heterocycles. The summed E-state index contributed by atoms with van der Waals surface area (Å²) in [5, 5.41) is 3.30. The summed E-state index contributed by atoms with van der Waals surface area (Å²) >= 11 is 1.58. The molecule has 0 radical (unpaired) electrons. The van der Waals surface area contributed by atoms with Crippen LogP contribution in [-0.2, 0) is 23.3 Å². The molecule has 0 aromatic heterocycles. The van der Waals surface area contributed by atoms with E-state index < -0.39 is 16.1 Å². The molecule has 0 heterocycles. The van der Waals surface area contributed by atoms with E-state index in [1.165, 1.54) is 11.1 Å². The summed E-state index contributed by atoms with van der Waals surface area (Å²) in [6, 6.07) is 0. The van der Waals surface area contributed by atoms with Crippen LogP contribution in [0.4, 0.5) is 0 Å². The quantitative estimate of drug-likeness (QED) is 0.217. The van der Waals surface area contributed by atoms with Gasteiger partial charge < -0.3 is 14.9 Å². The topological polar surface area (TPSA) is 0 Å². The average molecular weight is 611 g/mol. The third-order valence-electron chi connectivity index (χ3n) is 5.12. The van der Waals surface area contributed by atoms with Gasteiger partial charge in [0.1, 0.15) is 0 Å². The number of hydrogen-bond donors (Lipinski definition) is 0. The van der Waals surface area contributed by atoms with Crippen molar-refractivity contribution in [3.8, 4) is 0 Å². The minimum absolute atomic E-state index is 0. The second kappa shape index (κ2) is 16.7. The van der Waals surface area contributed by atoms with Crippen LogP contribution in [0.15, 0.2) is 33.7 Å². The maximum absolute atomic E-state index is 3.51. The van der Waals surface area contributed by atoms with Crippen molar-refractivity contribution in [2.24, 2.45) is 10.8 Å². The van der Waals surface area contributed by atoms with Crippen molar-refractivity contribution in [2.75, 3.05) is 0 Å². The van der Waals surface area contributed by atoms with Crippen LogP contribution in [-0.4, -0.2) is 23.0 Å². The van der Waals surface area contributed by atoms with E-state index >= 15 is 0 Å². The van der Waals surface area contributed by atoms with Gasteiger partial charge in [-0.25, -0.2) is 23.3 Å². The Bertz CT molecular complexity index is 605. The predicted octanol–water partition coefficient (Wildman–Crippen LogP) is 8.76. The van der Waals surface area contributed by atoms with Crippen LogP contribution in [0.2, 0.25) is 39.3 Å². The first-order valence-electron chi connectivity index (χ1n) is 10.4. The molecule has 32 heavy (non-hydrogen) atoms. The Morgan fingerprint density at radius 3 is 0.969 bits per heavy atom. The zero-order valence-corrected chi connectivity index (χ0v) is 31.1. The summed E-state index contributed by atoms with van der Waals surface area (Å²) in [7, 11) is -2.13. The van der Waals surface area contributed by atoms with Crippen LogP contribution in [0, 0.1) is 37.8 Å². The second-order valence-electron chi connectivity index (χ2n) is 11.9. The Morgan fingerprint density at radius 2 is 0.875 bits per heavy atom. The van der Waals surface area contributed by atoms with Gasteiger partial charge in [-0.3, -0.25) is 12.2 Å². The number of hydrogen-bond acceptors (Lipinski definition) is 0. The molecule has 0 unspecified atom stereocenters. The van der Waals surface area contributed by atoms with Crippen molar-refractivity contribution in [1.29, 1.82) is 0 Å². The van der Waals surface area contributed by atoms with Gasteiger partial charge in [-0.2, -0.15) is 10.4 Å². The molecule has 190 valence electrons. The van der Waals surface area contributed by atoms with Crippen LogP contribution >= 0.6 is 24.8 Å². The summed E-state index contributed by atoms with van der Waals surface area (Å²) < 4.78 is 0. The molecule has 2 rings (SSSR count).